The van der Waals surface area contributed by atoms with Crippen LogP contribution in [0.4, 0.5) is 5.82 Å². The maximum atomic E-state index is 12.5. The number of anilines is 1. The van der Waals surface area contributed by atoms with E-state index >= 15 is 0 Å². The van der Waals surface area contributed by atoms with Crippen molar-refractivity contribution < 1.29 is 0 Å². The monoisotopic (exact) mass is 435 g/mol. The van der Waals surface area contributed by atoms with Crippen molar-refractivity contribution in [2.75, 3.05) is 4.90 Å². The Labute approximate surface area is 182 Å². The average Bonchev–Trinajstić information content (AvgIpc) is 3.26. The Balaban J connectivity index is 1.44. The molecule has 2 unspecified atom stereocenters. The van der Waals surface area contributed by atoms with E-state index in [0.29, 0.717) is 39.5 Å². The van der Waals surface area contributed by atoms with E-state index in [0.717, 1.165) is 48.1 Å². The fourth-order valence-electron chi connectivity index (χ4n) is 5.33. The molecule has 3 aromatic heterocycles. The number of nitrogens with zero attached hydrogens (tertiary/aromatic N) is 4. The van der Waals surface area contributed by atoms with E-state index in [4.69, 9.17) is 27.3 Å². The van der Waals surface area contributed by atoms with Gasteiger partial charge in [-0.05, 0) is 38.7 Å². The predicted molar refractivity (Wildman–Crippen MR) is 121 cm³/mol. The summed E-state index contributed by atoms with van der Waals surface area (Å²) in [4.78, 5) is 34.8. The highest BCUT2D eigenvalue weighted by Crippen LogP contribution is 2.39. The Hall–Kier alpha value is -2.97. The number of halogens is 1. The number of aromatic nitrogens is 5. The molecule has 0 spiro atoms. The first-order valence-electron chi connectivity index (χ1n) is 10.6. The number of hydrogen-bond acceptors (Lipinski definition) is 6. The summed E-state index contributed by atoms with van der Waals surface area (Å²) in [5.74, 6) is 1.44. The maximum absolute atomic E-state index is 12.5. The summed E-state index contributed by atoms with van der Waals surface area (Å²) in [5, 5.41) is 0.742. The number of H-pyrrole nitrogens is 2. The van der Waals surface area contributed by atoms with Gasteiger partial charge in [-0.15, -0.1) is 0 Å². The maximum Gasteiger partial charge on any atom is 0.260 e. The van der Waals surface area contributed by atoms with Crippen molar-refractivity contribution in [3.63, 3.8) is 0 Å². The summed E-state index contributed by atoms with van der Waals surface area (Å²) in [7, 11) is 0. The molecule has 4 N–H and O–H groups in total. The lowest BCUT2D eigenvalue weighted by atomic mass is 9.98. The van der Waals surface area contributed by atoms with Crippen LogP contribution in [-0.2, 0) is 0 Å². The minimum Gasteiger partial charge on any atom is -0.349 e. The number of benzene rings is 1. The van der Waals surface area contributed by atoms with Gasteiger partial charge in [0.15, 0.2) is 5.65 Å². The van der Waals surface area contributed by atoms with Crippen LogP contribution < -0.4 is 16.2 Å². The summed E-state index contributed by atoms with van der Waals surface area (Å²) in [6.07, 6.45) is 8.00. The number of nitrogens with two attached hydrogens (primary N) is 1. The van der Waals surface area contributed by atoms with Crippen molar-refractivity contribution >= 4 is 39.5 Å². The van der Waals surface area contributed by atoms with Crippen LogP contribution in [0.1, 0.15) is 31.5 Å². The highest BCUT2D eigenvalue weighted by atomic mass is 35.5. The van der Waals surface area contributed by atoms with Gasteiger partial charge in [0.25, 0.3) is 5.56 Å². The smallest absolute Gasteiger partial charge is 0.260 e. The van der Waals surface area contributed by atoms with Crippen LogP contribution in [0.5, 0.6) is 0 Å². The molecule has 0 amide bonds. The highest BCUT2D eigenvalue weighted by molar-refractivity contribution is 6.38. The molecule has 2 bridgehead atoms. The predicted octanol–water partition coefficient (Wildman–Crippen LogP) is 3.28. The normalized spacial score (nSPS) is 23.2. The lowest BCUT2D eigenvalue weighted by Crippen LogP contribution is -2.47. The third-order valence-electron chi connectivity index (χ3n) is 6.62. The van der Waals surface area contributed by atoms with Gasteiger partial charge >= 0.3 is 0 Å². The van der Waals surface area contributed by atoms with E-state index in [1.54, 1.807) is 6.92 Å². The third kappa shape index (κ3) is 2.85. The SMILES string of the molecule is Cc1nc2ccc(-c3c[nH]c4nc(N5C6CCC5CC(N)C6)cnc34)c(Cl)c2c(=O)[nH]1. The van der Waals surface area contributed by atoms with Crippen molar-refractivity contribution in [3.8, 4) is 11.1 Å². The molecule has 158 valence electrons. The fourth-order valence-corrected chi connectivity index (χ4v) is 5.68. The van der Waals surface area contributed by atoms with E-state index < -0.39 is 0 Å². The summed E-state index contributed by atoms with van der Waals surface area (Å²) in [6.45, 7) is 1.75. The second-order valence-electron chi connectivity index (χ2n) is 8.62. The Kier molecular flexibility index (Phi) is 4.10. The number of aryl methyl sites for hydroxylation is 1. The molecular formula is C22H22ClN7O. The van der Waals surface area contributed by atoms with Gasteiger partial charge in [0.2, 0.25) is 0 Å². The van der Waals surface area contributed by atoms with Crippen LogP contribution in [0.2, 0.25) is 5.02 Å². The van der Waals surface area contributed by atoms with Gasteiger partial charge < -0.3 is 20.6 Å². The molecule has 31 heavy (non-hydrogen) atoms. The largest absolute Gasteiger partial charge is 0.349 e. The molecular weight excluding hydrogens is 414 g/mol. The lowest BCUT2D eigenvalue weighted by molar-refractivity contribution is 0.412. The lowest BCUT2D eigenvalue weighted by Gasteiger charge is -2.38. The first-order chi connectivity index (χ1) is 15.0. The molecule has 1 aromatic carbocycles. The molecule has 2 aliphatic rings. The first-order valence-corrected chi connectivity index (χ1v) is 10.9. The van der Waals surface area contributed by atoms with Gasteiger partial charge in [-0.2, -0.15) is 0 Å². The number of nitrogens with one attached hydrogen (secondary N) is 2. The number of fused-ring (bicyclic) bond motifs is 4. The standard InChI is InChI=1S/C22H22ClN7O/c1-10-27-16-5-4-14(19(23)18(16)22(31)28-10)15-8-26-21-20(15)25-9-17(29-21)30-12-2-3-13(30)7-11(24)6-12/h4-5,8-9,11-13H,2-3,6-7,24H2,1H3,(H,26,29)(H,27,28,31). The molecule has 9 heteroatoms. The van der Waals surface area contributed by atoms with Crippen molar-refractivity contribution in [3.05, 3.63) is 45.7 Å². The van der Waals surface area contributed by atoms with E-state index in [2.05, 4.69) is 19.9 Å². The molecule has 2 saturated heterocycles. The minimum atomic E-state index is -0.249. The zero-order valence-corrected chi connectivity index (χ0v) is 17.8. The first kappa shape index (κ1) is 18.8. The topological polar surface area (TPSA) is 117 Å². The van der Waals surface area contributed by atoms with E-state index in [1.807, 2.05) is 24.5 Å². The van der Waals surface area contributed by atoms with Crippen LogP contribution in [0.15, 0.2) is 29.3 Å². The number of piperidine rings is 1. The Morgan fingerprint density at radius 1 is 1.16 bits per heavy atom. The third-order valence-corrected chi connectivity index (χ3v) is 7.01. The van der Waals surface area contributed by atoms with Crippen molar-refractivity contribution in [2.45, 2.75) is 50.7 Å². The van der Waals surface area contributed by atoms with Gasteiger partial charge in [-0.1, -0.05) is 17.7 Å². The van der Waals surface area contributed by atoms with Crippen molar-refractivity contribution in [1.29, 1.82) is 0 Å². The van der Waals surface area contributed by atoms with Crippen LogP contribution in [0.25, 0.3) is 33.2 Å². The minimum absolute atomic E-state index is 0.249. The Morgan fingerprint density at radius 3 is 2.71 bits per heavy atom. The molecule has 0 radical (unpaired) electrons. The quantitative estimate of drug-likeness (QED) is 0.445. The van der Waals surface area contributed by atoms with Gasteiger partial charge in [-0.3, -0.25) is 4.79 Å². The zero-order valence-electron chi connectivity index (χ0n) is 17.0. The van der Waals surface area contributed by atoms with Crippen LogP contribution >= 0.6 is 11.6 Å². The second kappa shape index (κ2) is 6.77. The summed E-state index contributed by atoms with van der Waals surface area (Å²) < 4.78 is 0. The van der Waals surface area contributed by atoms with Crippen molar-refractivity contribution in [2.24, 2.45) is 5.73 Å². The van der Waals surface area contributed by atoms with Gasteiger partial charge in [0, 0.05) is 35.4 Å². The number of aromatic amines is 2. The van der Waals surface area contributed by atoms with Crippen LogP contribution in [0, 0.1) is 6.92 Å². The van der Waals surface area contributed by atoms with Crippen LogP contribution in [0.3, 0.4) is 0 Å². The molecule has 0 aliphatic carbocycles. The second-order valence-corrected chi connectivity index (χ2v) is 9.00. The molecule has 0 saturated carbocycles. The summed E-state index contributed by atoms with van der Waals surface area (Å²) in [5.41, 5.74) is 9.50. The molecule has 2 fully saturated rings. The molecule has 2 atom stereocenters. The summed E-state index contributed by atoms with van der Waals surface area (Å²) >= 11 is 6.66. The molecule has 4 aromatic rings. The van der Waals surface area contributed by atoms with E-state index in [1.165, 1.54) is 0 Å². The highest BCUT2D eigenvalue weighted by Gasteiger charge is 2.40. The van der Waals surface area contributed by atoms with Gasteiger partial charge in [0.1, 0.15) is 17.2 Å². The molecule has 5 heterocycles. The molecule has 2 aliphatic heterocycles. The number of hydrogen-bond donors (Lipinski definition) is 3. The zero-order chi connectivity index (χ0) is 21.3. The average molecular weight is 436 g/mol. The van der Waals surface area contributed by atoms with Gasteiger partial charge in [-0.25, -0.2) is 15.0 Å². The van der Waals surface area contributed by atoms with E-state index in [9.17, 15) is 4.79 Å². The van der Waals surface area contributed by atoms with Crippen molar-refractivity contribution in [1.82, 2.24) is 24.9 Å². The Bertz CT molecular complexity index is 1380. The van der Waals surface area contributed by atoms with E-state index in [-0.39, 0.29) is 11.6 Å². The van der Waals surface area contributed by atoms with Crippen LogP contribution in [-0.4, -0.2) is 43.0 Å². The fraction of sp³-hybridized carbons (Fsp3) is 0.364. The van der Waals surface area contributed by atoms with Gasteiger partial charge in [0.05, 0.1) is 22.1 Å². The number of rotatable bonds is 2. The molecule has 8 nitrogen and oxygen atoms in total. The Morgan fingerprint density at radius 2 is 1.94 bits per heavy atom. The molecule has 6 rings (SSSR count). The summed E-state index contributed by atoms with van der Waals surface area (Å²) in [6, 6.07) is 4.84.